The maximum Gasteiger partial charge on any atom is 0.316 e. The normalized spacial score (nSPS) is 23.6. The fraction of sp³-hybridized carbons (Fsp3) is 0.611. The summed E-state index contributed by atoms with van der Waals surface area (Å²) in [5.41, 5.74) is 2.87. The van der Waals surface area contributed by atoms with Crippen molar-refractivity contribution >= 4 is 6.03 Å². The molecular weight excluding hydrogens is 290 g/mol. The van der Waals surface area contributed by atoms with Crippen LogP contribution in [0.4, 0.5) is 4.79 Å². The fourth-order valence-electron chi connectivity index (χ4n) is 3.77. The van der Waals surface area contributed by atoms with E-state index in [0.29, 0.717) is 12.0 Å². The number of nitrogens with zero attached hydrogens (tertiary/aromatic N) is 2. The third-order valence-electron chi connectivity index (χ3n) is 5.15. The first-order valence-electron chi connectivity index (χ1n) is 8.44. The highest BCUT2D eigenvalue weighted by Gasteiger charge is 2.33. The Kier molecular flexibility index (Phi) is 4.76. The number of benzene rings is 1. The van der Waals surface area contributed by atoms with Crippen LogP contribution in [0.3, 0.4) is 0 Å². The van der Waals surface area contributed by atoms with Gasteiger partial charge in [0.05, 0.1) is 7.11 Å². The average molecular weight is 317 g/mol. The Morgan fingerprint density at radius 3 is 2.96 bits per heavy atom. The molecule has 0 radical (unpaired) electrons. The molecular formula is C18H27N3O2. The number of methoxy groups -OCH3 is 1. The molecule has 5 heteroatoms. The zero-order valence-electron chi connectivity index (χ0n) is 14.3. The Labute approximate surface area is 138 Å². The summed E-state index contributed by atoms with van der Waals surface area (Å²) in [6.07, 6.45) is 3.38. The van der Waals surface area contributed by atoms with Crippen LogP contribution in [0.25, 0.3) is 0 Å². The van der Waals surface area contributed by atoms with Crippen LogP contribution < -0.4 is 10.1 Å². The molecule has 5 nitrogen and oxygen atoms in total. The lowest BCUT2D eigenvalue weighted by molar-refractivity contribution is 0.102. The molecule has 2 amide bonds. The first-order chi connectivity index (χ1) is 11.1. The van der Waals surface area contributed by atoms with Crippen molar-refractivity contribution in [1.29, 1.82) is 0 Å². The highest BCUT2D eigenvalue weighted by Crippen LogP contribution is 2.39. The van der Waals surface area contributed by atoms with Crippen LogP contribution >= 0.6 is 0 Å². The largest absolute Gasteiger partial charge is 0.497 e. The molecule has 0 saturated carbocycles. The molecule has 1 aromatic carbocycles. The third kappa shape index (κ3) is 3.44. The molecule has 0 spiro atoms. The topological polar surface area (TPSA) is 44.8 Å². The van der Waals surface area contributed by atoms with E-state index in [1.807, 2.05) is 0 Å². The molecule has 126 valence electrons. The van der Waals surface area contributed by atoms with E-state index in [4.69, 9.17) is 4.74 Å². The lowest BCUT2D eigenvalue weighted by atomic mass is 9.82. The number of hydrogen-bond acceptors (Lipinski definition) is 3. The quantitative estimate of drug-likeness (QED) is 0.930. The van der Waals surface area contributed by atoms with Gasteiger partial charge in [0.25, 0.3) is 0 Å². The van der Waals surface area contributed by atoms with Gasteiger partial charge in [0.15, 0.2) is 0 Å². The SMILES string of the molecule is COc1ccc2c(c1)CCN1CCC(CNC(=O)N(C)C)CC21. The second kappa shape index (κ2) is 6.79. The number of piperidine rings is 1. The minimum absolute atomic E-state index is 0.00112. The van der Waals surface area contributed by atoms with Crippen LogP contribution in [0.15, 0.2) is 18.2 Å². The minimum Gasteiger partial charge on any atom is -0.497 e. The van der Waals surface area contributed by atoms with Gasteiger partial charge in [-0.2, -0.15) is 0 Å². The van der Waals surface area contributed by atoms with Crippen LogP contribution in [0, 0.1) is 5.92 Å². The maximum atomic E-state index is 11.7. The summed E-state index contributed by atoms with van der Waals surface area (Å²) in [7, 11) is 5.28. The summed E-state index contributed by atoms with van der Waals surface area (Å²) in [6.45, 7) is 3.02. The van der Waals surface area contributed by atoms with E-state index in [9.17, 15) is 4.79 Å². The van der Waals surface area contributed by atoms with Crippen molar-refractivity contribution in [2.45, 2.75) is 25.3 Å². The summed E-state index contributed by atoms with van der Waals surface area (Å²) in [5, 5.41) is 3.04. The predicted octanol–water partition coefficient (Wildman–Crippen LogP) is 2.28. The summed E-state index contributed by atoms with van der Waals surface area (Å²) >= 11 is 0. The van der Waals surface area contributed by atoms with E-state index in [1.54, 1.807) is 26.1 Å². The number of fused-ring (bicyclic) bond motifs is 3. The summed E-state index contributed by atoms with van der Waals surface area (Å²) in [5.74, 6) is 1.50. The third-order valence-corrected chi connectivity index (χ3v) is 5.15. The first kappa shape index (κ1) is 16.1. The molecule has 2 aliphatic heterocycles. The molecule has 1 N–H and O–H groups in total. The Balaban J connectivity index is 1.68. The highest BCUT2D eigenvalue weighted by atomic mass is 16.5. The monoisotopic (exact) mass is 317 g/mol. The molecule has 2 aliphatic rings. The van der Waals surface area contributed by atoms with Gasteiger partial charge in [0.2, 0.25) is 0 Å². The van der Waals surface area contributed by atoms with Crippen molar-refractivity contribution in [3.8, 4) is 5.75 Å². The number of nitrogens with one attached hydrogen (secondary N) is 1. The van der Waals surface area contributed by atoms with Crippen LogP contribution in [0.1, 0.15) is 30.0 Å². The van der Waals surface area contributed by atoms with Gasteiger partial charge < -0.3 is 15.0 Å². The Hall–Kier alpha value is -1.75. The van der Waals surface area contributed by atoms with Crippen molar-refractivity contribution < 1.29 is 9.53 Å². The predicted molar refractivity (Wildman–Crippen MR) is 90.8 cm³/mol. The van der Waals surface area contributed by atoms with Gasteiger partial charge in [-0.05, 0) is 55.0 Å². The van der Waals surface area contributed by atoms with E-state index in [2.05, 4.69) is 28.4 Å². The van der Waals surface area contributed by atoms with Crippen LogP contribution in [-0.4, -0.2) is 56.7 Å². The molecule has 1 aromatic rings. The number of urea groups is 1. The molecule has 1 saturated heterocycles. The standard InChI is InChI=1S/C18H27N3O2/c1-20(2)18(22)19-12-13-6-8-21-9-7-14-11-15(23-3)4-5-16(14)17(21)10-13/h4-5,11,13,17H,6-10,12H2,1-3H3,(H,19,22). The molecule has 1 fully saturated rings. The van der Waals surface area contributed by atoms with Crippen molar-refractivity contribution in [2.24, 2.45) is 5.92 Å². The number of rotatable bonds is 3. The van der Waals surface area contributed by atoms with E-state index < -0.39 is 0 Å². The summed E-state index contributed by atoms with van der Waals surface area (Å²) < 4.78 is 5.36. The number of carbonyl (C=O) groups is 1. The lowest BCUT2D eigenvalue weighted by Crippen LogP contribution is -2.45. The summed E-state index contributed by atoms with van der Waals surface area (Å²) in [6, 6.07) is 6.97. The van der Waals surface area contributed by atoms with Gasteiger partial charge in [-0.1, -0.05) is 6.07 Å². The van der Waals surface area contributed by atoms with Crippen LogP contribution in [-0.2, 0) is 6.42 Å². The van der Waals surface area contributed by atoms with E-state index in [-0.39, 0.29) is 6.03 Å². The van der Waals surface area contributed by atoms with Crippen molar-refractivity contribution in [3.05, 3.63) is 29.3 Å². The van der Waals surface area contributed by atoms with Crippen molar-refractivity contribution in [2.75, 3.05) is 40.8 Å². The Morgan fingerprint density at radius 2 is 2.22 bits per heavy atom. The first-order valence-corrected chi connectivity index (χ1v) is 8.44. The van der Waals surface area contributed by atoms with Gasteiger partial charge >= 0.3 is 6.03 Å². The van der Waals surface area contributed by atoms with Gasteiger partial charge in [-0.15, -0.1) is 0 Å². The van der Waals surface area contributed by atoms with Crippen molar-refractivity contribution in [1.82, 2.24) is 15.1 Å². The Morgan fingerprint density at radius 1 is 1.39 bits per heavy atom. The average Bonchev–Trinajstić information content (AvgIpc) is 2.58. The molecule has 0 aliphatic carbocycles. The zero-order chi connectivity index (χ0) is 16.4. The number of amides is 2. The van der Waals surface area contributed by atoms with Gasteiger partial charge in [-0.25, -0.2) is 4.79 Å². The minimum atomic E-state index is 0.00112. The van der Waals surface area contributed by atoms with Crippen LogP contribution in [0.5, 0.6) is 5.75 Å². The highest BCUT2D eigenvalue weighted by molar-refractivity contribution is 5.73. The van der Waals surface area contributed by atoms with Crippen molar-refractivity contribution in [3.63, 3.8) is 0 Å². The molecule has 0 aromatic heterocycles. The zero-order valence-corrected chi connectivity index (χ0v) is 14.3. The fourth-order valence-corrected chi connectivity index (χ4v) is 3.77. The Bertz CT molecular complexity index is 573. The smallest absolute Gasteiger partial charge is 0.316 e. The summed E-state index contributed by atoms with van der Waals surface area (Å²) in [4.78, 5) is 15.9. The molecule has 23 heavy (non-hydrogen) atoms. The van der Waals surface area contributed by atoms with E-state index in [0.717, 1.165) is 44.6 Å². The molecule has 0 bridgehead atoms. The number of carbonyl (C=O) groups excluding carboxylic acids is 1. The van der Waals surface area contributed by atoms with Gasteiger partial charge in [0.1, 0.15) is 5.75 Å². The molecule has 3 rings (SSSR count). The molecule has 2 unspecified atom stereocenters. The number of ether oxygens (including phenoxy) is 1. The molecule has 2 atom stereocenters. The lowest BCUT2D eigenvalue weighted by Gasteiger charge is -2.43. The van der Waals surface area contributed by atoms with E-state index in [1.165, 1.54) is 11.1 Å². The van der Waals surface area contributed by atoms with E-state index >= 15 is 0 Å². The second-order valence-electron chi connectivity index (χ2n) is 6.84. The van der Waals surface area contributed by atoms with Crippen LogP contribution in [0.2, 0.25) is 0 Å². The van der Waals surface area contributed by atoms with Gasteiger partial charge in [-0.3, -0.25) is 4.90 Å². The molecule has 2 heterocycles. The second-order valence-corrected chi connectivity index (χ2v) is 6.84. The van der Waals surface area contributed by atoms with Gasteiger partial charge in [0, 0.05) is 33.2 Å². The maximum absolute atomic E-state index is 11.7. The number of hydrogen-bond donors (Lipinski definition) is 1.